The van der Waals surface area contributed by atoms with Crippen LogP contribution in [0.3, 0.4) is 0 Å². The predicted octanol–water partition coefficient (Wildman–Crippen LogP) is 3.55. The van der Waals surface area contributed by atoms with E-state index in [1.54, 1.807) is 33.3 Å². The summed E-state index contributed by atoms with van der Waals surface area (Å²) in [6.45, 7) is 2.16. The Balaban J connectivity index is 2.28. The van der Waals surface area contributed by atoms with Gasteiger partial charge in [-0.05, 0) is 42.3 Å². The predicted molar refractivity (Wildman–Crippen MR) is 80.9 cm³/mol. The van der Waals surface area contributed by atoms with Gasteiger partial charge in [-0.1, -0.05) is 18.2 Å². The van der Waals surface area contributed by atoms with Crippen molar-refractivity contribution in [1.82, 2.24) is 0 Å². The van der Waals surface area contributed by atoms with Crippen LogP contribution >= 0.6 is 0 Å². The average Bonchev–Trinajstić information content (AvgIpc) is 2.54. The zero-order valence-electron chi connectivity index (χ0n) is 12.4. The molecule has 0 aliphatic heterocycles. The quantitative estimate of drug-likeness (QED) is 0.788. The molecule has 4 heteroatoms. The van der Waals surface area contributed by atoms with Crippen LogP contribution in [0.15, 0.2) is 42.5 Å². The molecule has 0 aromatic heterocycles. The Morgan fingerprint density at radius 3 is 2.10 bits per heavy atom. The van der Waals surface area contributed by atoms with Gasteiger partial charge in [-0.15, -0.1) is 0 Å². The normalized spacial score (nSPS) is 10.0. The van der Waals surface area contributed by atoms with E-state index in [1.807, 2.05) is 30.3 Å². The molecule has 2 aromatic carbocycles. The van der Waals surface area contributed by atoms with Crippen molar-refractivity contribution in [3.05, 3.63) is 48.0 Å². The largest absolute Gasteiger partial charge is 0.493 e. The van der Waals surface area contributed by atoms with Gasteiger partial charge in [0, 0.05) is 0 Å². The van der Waals surface area contributed by atoms with Crippen LogP contribution in [0.25, 0.3) is 11.1 Å². The molecule has 0 fully saturated rings. The lowest BCUT2D eigenvalue weighted by Gasteiger charge is -2.10. The Morgan fingerprint density at radius 2 is 1.52 bits per heavy atom. The average molecular weight is 286 g/mol. The molecule has 2 aromatic rings. The monoisotopic (exact) mass is 286 g/mol. The minimum atomic E-state index is -0.309. The molecule has 0 aliphatic rings. The van der Waals surface area contributed by atoms with E-state index >= 15 is 0 Å². The molecule has 21 heavy (non-hydrogen) atoms. The first kappa shape index (κ1) is 14.9. The fourth-order valence-electron chi connectivity index (χ4n) is 2.03. The zero-order valence-corrected chi connectivity index (χ0v) is 12.4. The van der Waals surface area contributed by atoms with E-state index in [2.05, 4.69) is 0 Å². The molecule has 0 aliphatic carbocycles. The van der Waals surface area contributed by atoms with Crippen LogP contribution < -0.4 is 9.47 Å². The molecular formula is C17H18O4. The number of carbonyl (C=O) groups is 1. The Bertz CT molecular complexity index is 617. The summed E-state index contributed by atoms with van der Waals surface area (Å²) in [5, 5.41) is 0. The smallest absolute Gasteiger partial charge is 0.338 e. The summed E-state index contributed by atoms with van der Waals surface area (Å²) in [6, 6.07) is 13.0. The molecule has 0 saturated carbocycles. The highest BCUT2D eigenvalue weighted by atomic mass is 16.5. The number of rotatable bonds is 5. The van der Waals surface area contributed by atoms with E-state index in [0.29, 0.717) is 23.7 Å². The minimum Gasteiger partial charge on any atom is -0.493 e. The molecule has 0 N–H and O–H groups in total. The SMILES string of the molecule is CCOC(=O)c1ccc(-c2ccc(OC)c(OC)c2)cc1. The molecule has 0 heterocycles. The number of esters is 1. The highest BCUT2D eigenvalue weighted by molar-refractivity contribution is 5.90. The second-order valence-electron chi connectivity index (χ2n) is 4.37. The fourth-order valence-corrected chi connectivity index (χ4v) is 2.03. The maximum absolute atomic E-state index is 11.6. The van der Waals surface area contributed by atoms with Gasteiger partial charge in [-0.3, -0.25) is 0 Å². The molecule has 0 saturated heterocycles. The van der Waals surface area contributed by atoms with Gasteiger partial charge < -0.3 is 14.2 Å². The summed E-state index contributed by atoms with van der Waals surface area (Å²) in [4.78, 5) is 11.6. The van der Waals surface area contributed by atoms with Crippen molar-refractivity contribution in [1.29, 1.82) is 0 Å². The van der Waals surface area contributed by atoms with Crippen molar-refractivity contribution >= 4 is 5.97 Å². The van der Waals surface area contributed by atoms with E-state index in [4.69, 9.17) is 14.2 Å². The van der Waals surface area contributed by atoms with E-state index in [9.17, 15) is 4.79 Å². The summed E-state index contributed by atoms with van der Waals surface area (Å²) in [5.74, 6) is 1.05. The second-order valence-corrected chi connectivity index (χ2v) is 4.37. The molecule has 4 nitrogen and oxygen atoms in total. The maximum Gasteiger partial charge on any atom is 0.338 e. The van der Waals surface area contributed by atoms with Crippen molar-refractivity contribution in [3.8, 4) is 22.6 Å². The van der Waals surface area contributed by atoms with Crippen molar-refractivity contribution in [3.63, 3.8) is 0 Å². The lowest BCUT2D eigenvalue weighted by atomic mass is 10.0. The summed E-state index contributed by atoms with van der Waals surface area (Å²) in [6.07, 6.45) is 0. The number of hydrogen-bond donors (Lipinski definition) is 0. The van der Waals surface area contributed by atoms with Gasteiger partial charge in [0.15, 0.2) is 11.5 Å². The molecule has 0 unspecified atom stereocenters. The third-order valence-electron chi connectivity index (χ3n) is 3.11. The molecule has 110 valence electrons. The van der Waals surface area contributed by atoms with Crippen LogP contribution in [0, 0.1) is 0 Å². The van der Waals surface area contributed by atoms with Gasteiger partial charge in [-0.2, -0.15) is 0 Å². The van der Waals surface area contributed by atoms with E-state index < -0.39 is 0 Å². The zero-order chi connectivity index (χ0) is 15.2. The van der Waals surface area contributed by atoms with E-state index in [1.165, 1.54) is 0 Å². The van der Waals surface area contributed by atoms with Gasteiger partial charge in [0.2, 0.25) is 0 Å². The molecule has 0 bridgehead atoms. The molecule has 0 spiro atoms. The van der Waals surface area contributed by atoms with Crippen LogP contribution in [0.1, 0.15) is 17.3 Å². The number of carbonyl (C=O) groups excluding carboxylic acids is 1. The van der Waals surface area contributed by atoms with Gasteiger partial charge in [-0.25, -0.2) is 4.79 Å². The lowest BCUT2D eigenvalue weighted by Crippen LogP contribution is -2.03. The van der Waals surface area contributed by atoms with Crippen molar-refractivity contribution in [2.45, 2.75) is 6.92 Å². The molecule has 0 radical (unpaired) electrons. The third kappa shape index (κ3) is 3.34. The Kier molecular flexibility index (Phi) is 4.82. The third-order valence-corrected chi connectivity index (χ3v) is 3.11. The van der Waals surface area contributed by atoms with Crippen LogP contribution in [-0.4, -0.2) is 26.8 Å². The van der Waals surface area contributed by atoms with Crippen molar-refractivity contribution in [2.75, 3.05) is 20.8 Å². The Labute approximate surface area is 124 Å². The number of ether oxygens (including phenoxy) is 3. The van der Waals surface area contributed by atoms with Crippen LogP contribution in [0.2, 0.25) is 0 Å². The highest BCUT2D eigenvalue weighted by Gasteiger charge is 2.08. The van der Waals surface area contributed by atoms with Crippen molar-refractivity contribution < 1.29 is 19.0 Å². The van der Waals surface area contributed by atoms with Gasteiger partial charge >= 0.3 is 5.97 Å². The van der Waals surface area contributed by atoms with Crippen LogP contribution in [0.5, 0.6) is 11.5 Å². The first-order valence-electron chi connectivity index (χ1n) is 6.69. The summed E-state index contributed by atoms with van der Waals surface area (Å²) >= 11 is 0. The van der Waals surface area contributed by atoms with Crippen LogP contribution in [-0.2, 0) is 4.74 Å². The highest BCUT2D eigenvalue weighted by Crippen LogP contribution is 2.32. The first-order valence-corrected chi connectivity index (χ1v) is 6.69. The van der Waals surface area contributed by atoms with Crippen LogP contribution in [0.4, 0.5) is 0 Å². The summed E-state index contributed by atoms with van der Waals surface area (Å²) in [7, 11) is 3.21. The number of methoxy groups -OCH3 is 2. The second kappa shape index (κ2) is 6.79. The first-order chi connectivity index (χ1) is 10.2. The Morgan fingerprint density at radius 1 is 0.905 bits per heavy atom. The van der Waals surface area contributed by atoms with Gasteiger partial charge in [0.1, 0.15) is 0 Å². The topological polar surface area (TPSA) is 44.8 Å². The van der Waals surface area contributed by atoms with Gasteiger partial charge in [0.25, 0.3) is 0 Å². The maximum atomic E-state index is 11.6. The lowest BCUT2D eigenvalue weighted by molar-refractivity contribution is 0.0526. The standard InChI is InChI=1S/C17H18O4/c1-4-21-17(18)13-7-5-12(6-8-13)14-9-10-15(19-2)16(11-14)20-3/h5-11H,4H2,1-3H3. The molecular weight excluding hydrogens is 268 g/mol. The molecule has 0 atom stereocenters. The summed E-state index contributed by atoms with van der Waals surface area (Å²) in [5.41, 5.74) is 2.52. The van der Waals surface area contributed by atoms with E-state index in [0.717, 1.165) is 11.1 Å². The molecule has 2 rings (SSSR count). The number of hydrogen-bond acceptors (Lipinski definition) is 4. The van der Waals surface area contributed by atoms with Gasteiger partial charge in [0.05, 0.1) is 26.4 Å². The number of benzene rings is 2. The Hall–Kier alpha value is -2.49. The van der Waals surface area contributed by atoms with E-state index in [-0.39, 0.29) is 5.97 Å². The fraction of sp³-hybridized carbons (Fsp3) is 0.235. The van der Waals surface area contributed by atoms with Crippen molar-refractivity contribution in [2.24, 2.45) is 0 Å². The summed E-state index contributed by atoms with van der Waals surface area (Å²) < 4.78 is 15.5. The minimum absolute atomic E-state index is 0.309. The molecule has 0 amide bonds.